The van der Waals surface area contributed by atoms with Gasteiger partial charge in [0.15, 0.2) is 0 Å². The fourth-order valence-corrected chi connectivity index (χ4v) is 5.51. The molecule has 0 nitrogen and oxygen atoms in total. The Bertz CT molecular complexity index is 31.9. The largest absolute Gasteiger partial charge is 0.0724 e. The van der Waals surface area contributed by atoms with E-state index < -0.39 is 0 Å². The highest BCUT2D eigenvalue weighted by Crippen LogP contribution is 2.08. The Morgan fingerprint density at radius 3 is 2.00 bits per heavy atom. The summed E-state index contributed by atoms with van der Waals surface area (Å²) in [5, 5.41) is 0. The van der Waals surface area contributed by atoms with Crippen molar-refractivity contribution in [1.29, 1.82) is 0 Å². The summed E-state index contributed by atoms with van der Waals surface area (Å²) in [6, 6.07) is 0. The fourth-order valence-electron chi connectivity index (χ4n) is 0.612. The van der Waals surface area contributed by atoms with Gasteiger partial charge in [0.1, 0.15) is 0 Å². The van der Waals surface area contributed by atoms with E-state index in [0.29, 0.717) is 9.52 Å². The molecule has 1 rings (SSSR count). The first-order valence-electron chi connectivity index (χ1n) is 2.39. The number of hydrogen-bond donors (Lipinski definition) is 0. The van der Waals surface area contributed by atoms with Crippen molar-refractivity contribution in [3.63, 3.8) is 0 Å². The molecule has 0 saturated carbocycles. The smallest absolute Gasteiger partial charge is 0.0273 e. The third-order valence-electron chi connectivity index (χ3n) is 1.39. The van der Waals surface area contributed by atoms with Crippen LogP contribution in [-0.2, 0) is 0 Å². The highest BCUT2D eigenvalue weighted by atomic mass is 28.4. The molecule has 0 aromatic rings. The lowest BCUT2D eigenvalue weighted by atomic mass is 11.7. The van der Waals surface area contributed by atoms with Crippen LogP contribution in [0.3, 0.4) is 0 Å². The maximum Gasteiger partial charge on any atom is 0.0273 e. The van der Waals surface area contributed by atoms with Crippen molar-refractivity contribution in [2.75, 3.05) is 0 Å². The Balaban J connectivity index is 2.08. The molecule has 0 unspecified atom stereocenters. The topological polar surface area (TPSA) is 0 Å². The molecule has 0 atom stereocenters. The second-order valence-electron chi connectivity index (χ2n) is 2.04. The zero-order valence-electron chi connectivity index (χ0n) is 3.70. The maximum absolute atomic E-state index is 2.48. The summed E-state index contributed by atoms with van der Waals surface area (Å²) in [6.45, 7) is 2.48. The first kappa shape index (κ1) is 3.62. The molecule has 0 aromatic heterocycles. The average Bonchev–Trinajstić information content (AvgIpc) is 1.30. The van der Waals surface area contributed by atoms with Gasteiger partial charge in [-0.2, -0.15) is 0 Å². The Morgan fingerprint density at radius 1 is 1.60 bits per heavy atom. The zero-order chi connectivity index (χ0) is 3.70. The average molecular weight is 102 g/mol. The van der Waals surface area contributed by atoms with Crippen molar-refractivity contribution in [2.45, 2.75) is 17.9 Å². The summed E-state index contributed by atoms with van der Waals surface area (Å²) in [5.41, 5.74) is 3.53. The van der Waals surface area contributed by atoms with Crippen molar-refractivity contribution in [2.24, 2.45) is 0 Å². The predicted molar refractivity (Wildman–Crippen MR) is 31.2 cm³/mol. The molecule has 0 bridgehead atoms. The molecule has 1 aliphatic heterocycles. The molecule has 0 aliphatic carbocycles. The van der Waals surface area contributed by atoms with Crippen LogP contribution in [0.1, 0.15) is 0 Å². The van der Waals surface area contributed by atoms with Crippen molar-refractivity contribution >= 4 is 18.3 Å². The first-order chi connectivity index (χ1) is 2.39. The minimum absolute atomic E-state index is 0.0926. The van der Waals surface area contributed by atoms with Crippen molar-refractivity contribution in [3.8, 4) is 0 Å². The molecule has 0 aromatic carbocycles. The van der Waals surface area contributed by atoms with Gasteiger partial charge in [-0.15, -0.1) is 0 Å². The van der Waals surface area contributed by atoms with Gasteiger partial charge in [-0.1, -0.05) is 17.9 Å². The van der Waals surface area contributed by atoms with Crippen LogP contribution in [0.2, 0.25) is 17.9 Å². The maximum atomic E-state index is 2.48. The van der Waals surface area contributed by atoms with Crippen LogP contribution in [0.15, 0.2) is 0 Å². The molecule has 0 spiro atoms. The van der Waals surface area contributed by atoms with Crippen LogP contribution in [0.5, 0.6) is 0 Å². The minimum atomic E-state index is 0.0926. The lowest BCUT2D eigenvalue weighted by Gasteiger charge is -2.16. The highest BCUT2D eigenvalue weighted by molar-refractivity contribution is 6.85. The fraction of sp³-hybridized carbons (Fsp3) is 1.00. The molecule has 2 heteroatoms. The van der Waals surface area contributed by atoms with Gasteiger partial charge < -0.3 is 0 Å². The Kier molecular flexibility index (Phi) is 0.914. The van der Waals surface area contributed by atoms with E-state index in [1.54, 1.807) is 11.3 Å². The van der Waals surface area contributed by atoms with Crippen LogP contribution in [0.25, 0.3) is 0 Å². The summed E-state index contributed by atoms with van der Waals surface area (Å²) in [4.78, 5) is 0. The van der Waals surface area contributed by atoms with Crippen molar-refractivity contribution in [1.82, 2.24) is 0 Å². The van der Waals surface area contributed by atoms with E-state index >= 15 is 0 Å². The van der Waals surface area contributed by atoms with Gasteiger partial charge in [-0.05, 0) is 0 Å². The lowest BCUT2D eigenvalue weighted by molar-refractivity contribution is 1.60. The van der Waals surface area contributed by atoms with Crippen molar-refractivity contribution < 1.29 is 0 Å². The molecule has 0 N–H and O–H groups in total. The van der Waals surface area contributed by atoms with E-state index in [-0.39, 0.29) is 8.80 Å². The molecular weight excluding hydrogens is 92.2 g/mol. The molecule has 30 valence electrons. The Morgan fingerprint density at radius 2 is 2.00 bits per heavy atom. The van der Waals surface area contributed by atoms with Gasteiger partial charge in [-0.25, -0.2) is 0 Å². The van der Waals surface area contributed by atoms with Crippen molar-refractivity contribution in [3.05, 3.63) is 0 Å². The lowest BCUT2D eigenvalue weighted by Crippen LogP contribution is -2.24. The summed E-state index contributed by atoms with van der Waals surface area (Å²) in [7, 11) is 0.712. The number of hydrogen-bond acceptors (Lipinski definition) is 0. The first-order valence-corrected chi connectivity index (χ1v) is 7.18. The van der Waals surface area contributed by atoms with Crippen LogP contribution in [-0.4, -0.2) is 18.3 Å². The summed E-state index contributed by atoms with van der Waals surface area (Å²) >= 11 is 0. The molecule has 1 saturated heterocycles. The van der Waals surface area contributed by atoms with Gasteiger partial charge in [0.2, 0.25) is 0 Å². The van der Waals surface area contributed by atoms with E-state index in [1.165, 1.54) is 0 Å². The van der Waals surface area contributed by atoms with Gasteiger partial charge >= 0.3 is 0 Å². The van der Waals surface area contributed by atoms with Gasteiger partial charge in [0, 0.05) is 18.3 Å². The quantitative estimate of drug-likeness (QED) is 0.376. The van der Waals surface area contributed by atoms with Gasteiger partial charge in [0.05, 0.1) is 0 Å². The van der Waals surface area contributed by atoms with Crippen LogP contribution in [0.4, 0.5) is 0 Å². The predicted octanol–water partition coefficient (Wildman–Crippen LogP) is -0.0593. The Labute approximate surface area is 37.0 Å². The van der Waals surface area contributed by atoms with Crippen LogP contribution >= 0.6 is 0 Å². The van der Waals surface area contributed by atoms with Crippen LogP contribution in [0, 0.1) is 0 Å². The van der Waals surface area contributed by atoms with E-state index in [2.05, 4.69) is 6.55 Å². The molecule has 0 amide bonds. The normalized spacial score (nSPS) is 41.4. The standard InChI is InChI=1S/C3H10Si2/c1-5-2-4-3-5/h5H,2-4H2,1H3. The third kappa shape index (κ3) is 0.634. The second-order valence-corrected chi connectivity index (χ2v) is 9.57. The molecule has 0 radical (unpaired) electrons. The molecule has 1 fully saturated rings. The SMILES string of the molecule is C[SiH]1C[SiH2]C1. The Hall–Kier alpha value is 0.434. The summed E-state index contributed by atoms with van der Waals surface area (Å²) in [6.07, 6.45) is 0. The zero-order valence-corrected chi connectivity index (χ0v) is 6.27. The van der Waals surface area contributed by atoms with E-state index in [9.17, 15) is 0 Å². The summed E-state index contributed by atoms with van der Waals surface area (Å²) in [5.74, 6) is 0. The highest BCUT2D eigenvalue weighted by Gasteiger charge is 2.11. The third-order valence-corrected chi connectivity index (χ3v) is 12.5. The monoisotopic (exact) mass is 102 g/mol. The van der Waals surface area contributed by atoms with E-state index in [4.69, 9.17) is 0 Å². The van der Waals surface area contributed by atoms with Gasteiger partial charge in [0.25, 0.3) is 0 Å². The van der Waals surface area contributed by atoms with Gasteiger partial charge in [-0.3, -0.25) is 0 Å². The molecular formula is C3H10Si2. The number of rotatable bonds is 0. The minimum Gasteiger partial charge on any atom is -0.0724 e. The second kappa shape index (κ2) is 1.26. The van der Waals surface area contributed by atoms with Crippen LogP contribution < -0.4 is 0 Å². The summed E-state index contributed by atoms with van der Waals surface area (Å²) < 4.78 is 0. The van der Waals surface area contributed by atoms with E-state index in [0.717, 1.165) is 0 Å². The molecule has 1 heterocycles. The van der Waals surface area contributed by atoms with E-state index in [1.807, 2.05) is 0 Å². The molecule has 1 aliphatic rings. The molecule has 5 heavy (non-hydrogen) atoms.